The molecule has 6 rings (SSSR count). The predicted octanol–water partition coefficient (Wildman–Crippen LogP) is 3.70. The topological polar surface area (TPSA) is 60.4 Å². The summed E-state index contributed by atoms with van der Waals surface area (Å²) in [7, 11) is 0. The van der Waals surface area contributed by atoms with Crippen LogP contribution in [0.15, 0.2) is 42.6 Å². The molecule has 3 aliphatic rings. The average Bonchev–Trinajstić information content (AvgIpc) is 3.50. The van der Waals surface area contributed by atoms with Gasteiger partial charge in [0, 0.05) is 55.0 Å². The lowest BCUT2D eigenvalue weighted by Crippen LogP contribution is -2.31. The van der Waals surface area contributed by atoms with E-state index in [2.05, 4.69) is 22.0 Å². The Morgan fingerprint density at radius 2 is 1.97 bits per heavy atom. The number of aromatic nitrogens is 3. The molecule has 1 saturated carbocycles. The van der Waals surface area contributed by atoms with Crippen LogP contribution in [-0.2, 0) is 19.5 Å². The Labute approximate surface area is 169 Å². The van der Waals surface area contributed by atoms with Gasteiger partial charge in [-0.3, -0.25) is 9.88 Å². The maximum absolute atomic E-state index is 5.50. The van der Waals surface area contributed by atoms with Crippen molar-refractivity contribution in [3.8, 4) is 22.8 Å². The van der Waals surface area contributed by atoms with Crippen molar-refractivity contribution >= 4 is 0 Å². The minimum atomic E-state index is 0.286. The standard InChI is InChI=1S/C23H22N4O2/c1-2-18(25-19(3-1)16-6-7-21-22(10-16)29-14-28-21)13-27-9-8-20-17(12-27)11-24-23(26-20)15-4-5-15/h1-3,6-7,10-11,15H,4-5,8-9,12-14H2. The normalized spacial score (nSPS) is 17.9. The van der Waals surface area contributed by atoms with Crippen molar-refractivity contribution in [2.45, 2.75) is 38.3 Å². The second-order valence-electron chi connectivity index (χ2n) is 8.02. The summed E-state index contributed by atoms with van der Waals surface area (Å²) in [6.07, 6.45) is 5.52. The lowest BCUT2D eigenvalue weighted by molar-refractivity contribution is 0.174. The lowest BCUT2D eigenvalue weighted by Gasteiger charge is -2.27. The Balaban J connectivity index is 1.19. The van der Waals surface area contributed by atoms with Crippen LogP contribution >= 0.6 is 0 Å². The fraction of sp³-hybridized carbons (Fsp3) is 0.348. The van der Waals surface area contributed by atoms with E-state index in [4.69, 9.17) is 19.4 Å². The average molecular weight is 386 g/mol. The van der Waals surface area contributed by atoms with Gasteiger partial charge in [-0.05, 0) is 43.2 Å². The van der Waals surface area contributed by atoms with Crippen LogP contribution in [0.5, 0.6) is 11.5 Å². The van der Waals surface area contributed by atoms with Crippen LogP contribution in [0.4, 0.5) is 0 Å². The van der Waals surface area contributed by atoms with Crippen molar-refractivity contribution in [2.24, 2.45) is 0 Å². The highest BCUT2D eigenvalue weighted by Crippen LogP contribution is 2.38. The summed E-state index contributed by atoms with van der Waals surface area (Å²) in [5.41, 5.74) is 5.56. The molecule has 146 valence electrons. The summed E-state index contributed by atoms with van der Waals surface area (Å²) < 4.78 is 10.9. The summed E-state index contributed by atoms with van der Waals surface area (Å²) in [6, 6.07) is 12.2. The first-order chi connectivity index (χ1) is 14.3. The maximum Gasteiger partial charge on any atom is 0.231 e. The third kappa shape index (κ3) is 3.34. The second kappa shape index (κ2) is 6.81. The van der Waals surface area contributed by atoms with E-state index >= 15 is 0 Å². The van der Waals surface area contributed by atoms with Crippen LogP contribution in [0.25, 0.3) is 11.3 Å². The molecule has 0 atom stereocenters. The second-order valence-corrected chi connectivity index (χ2v) is 8.02. The minimum absolute atomic E-state index is 0.286. The van der Waals surface area contributed by atoms with Gasteiger partial charge in [0.1, 0.15) is 5.82 Å². The number of fused-ring (bicyclic) bond motifs is 2. The number of benzene rings is 1. The number of ether oxygens (including phenoxy) is 2. The van der Waals surface area contributed by atoms with Crippen molar-refractivity contribution in [2.75, 3.05) is 13.3 Å². The molecule has 2 aromatic heterocycles. The summed E-state index contributed by atoms with van der Waals surface area (Å²) in [5, 5.41) is 0. The summed E-state index contributed by atoms with van der Waals surface area (Å²) in [5.74, 6) is 3.24. The molecule has 0 amide bonds. The van der Waals surface area contributed by atoms with Crippen molar-refractivity contribution < 1.29 is 9.47 Å². The third-order valence-corrected chi connectivity index (χ3v) is 5.83. The smallest absolute Gasteiger partial charge is 0.231 e. The van der Waals surface area contributed by atoms with Crippen molar-refractivity contribution in [3.05, 3.63) is 65.4 Å². The molecule has 29 heavy (non-hydrogen) atoms. The van der Waals surface area contributed by atoms with E-state index in [1.54, 1.807) is 0 Å². The van der Waals surface area contributed by atoms with Gasteiger partial charge < -0.3 is 9.47 Å². The van der Waals surface area contributed by atoms with Gasteiger partial charge in [-0.1, -0.05) is 6.07 Å². The molecule has 0 radical (unpaired) electrons. The number of hydrogen-bond donors (Lipinski definition) is 0. The fourth-order valence-electron chi connectivity index (χ4n) is 4.08. The SMILES string of the molecule is c1cc(CN2CCc3nc(C4CC4)ncc3C2)nc(-c2ccc3c(c2)OCO3)c1. The van der Waals surface area contributed by atoms with Crippen LogP contribution in [0.3, 0.4) is 0 Å². The zero-order valence-electron chi connectivity index (χ0n) is 16.2. The van der Waals surface area contributed by atoms with E-state index in [1.165, 1.54) is 24.1 Å². The highest BCUT2D eigenvalue weighted by Gasteiger charge is 2.28. The highest BCUT2D eigenvalue weighted by atomic mass is 16.7. The number of rotatable bonds is 4. The van der Waals surface area contributed by atoms with E-state index in [0.29, 0.717) is 5.92 Å². The Morgan fingerprint density at radius 1 is 1.03 bits per heavy atom. The molecule has 3 aromatic rings. The number of hydrogen-bond acceptors (Lipinski definition) is 6. The molecular formula is C23H22N4O2. The molecular weight excluding hydrogens is 364 g/mol. The Hall–Kier alpha value is -2.99. The largest absolute Gasteiger partial charge is 0.454 e. The molecule has 1 aromatic carbocycles. The molecule has 6 heteroatoms. The molecule has 0 saturated heterocycles. The summed E-state index contributed by atoms with van der Waals surface area (Å²) in [4.78, 5) is 16.7. The van der Waals surface area contributed by atoms with Gasteiger partial charge in [-0.25, -0.2) is 9.97 Å². The van der Waals surface area contributed by atoms with E-state index in [0.717, 1.165) is 60.3 Å². The molecule has 1 aliphatic carbocycles. The molecule has 6 nitrogen and oxygen atoms in total. The van der Waals surface area contributed by atoms with Crippen LogP contribution in [0.2, 0.25) is 0 Å². The quantitative estimate of drug-likeness (QED) is 0.681. The van der Waals surface area contributed by atoms with E-state index in [9.17, 15) is 0 Å². The number of nitrogens with zero attached hydrogens (tertiary/aromatic N) is 4. The summed E-state index contributed by atoms with van der Waals surface area (Å²) in [6.45, 7) is 3.00. The zero-order chi connectivity index (χ0) is 19.2. The van der Waals surface area contributed by atoms with E-state index in [-0.39, 0.29) is 6.79 Å². The first-order valence-electron chi connectivity index (χ1n) is 10.2. The van der Waals surface area contributed by atoms with Crippen LogP contribution < -0.4 is 9.47 Å². The molecule has 0 unspecified atom stereocenters. The molecule has 4 heterocycles. The van der Waals surface area contributed by atoms with Gasteiger partial charge in [0.15, 0.2) is 11.5 Å². The van der Waals surface area contributed by atoms with Crippen molar-refractivity contribution in [3.63, 3.8) is 0 Å². The lowest BCUT2D eigenvalue weighted by atomic mass is 10.1. The Kier molecular flexibility index (Phi) is 3.97. The maximum atomic E-state index is 5.50. The van der Waals surface area contributed by atoms with Gasteiger partial charge in [0.05, 0.1) is 11.4 Å². The Morgan fingerprint density at radius 3 is 2.90 bits per heavy atom. The van der Waals surface area contributed by atoms with Crippen LogP contribution in [0, 0.1) is 0 Å². The monoisotopic (exact) mass is 386 g/mol. The van der Waals surface area contributed by atoms with E-state index < -0.39 is 0 Å². The number of pyridine rings is 1. The molecule has 2 aliphatic heterocycles. The van der Waals surface area contributed by atoms with E-state index in [1.807, 2.05) is 30.5 Å². The fourth-order valence-corrected chi connectivity index (χ4v) is 4.08. The van der Waals surface area contributed by atoms with Gasteiger partial charge in [0.25, 0.3) is 0 Å². The highest BCUT2D eigenvalue weighted by molar-refractivity contribution is 5.64. The van der Waals surface area contributed by atoms with Gasteiger partial charge in [-0.2, -0.15) is 0 Å². The molecule has 0 N–H and O–H groups in total. The zero-order valence-corrected chi connectivity index (χ0v) is 16.2. The molecule has 1 fully saturated rings. The molecule has 0 bridgehead atoms. The first kappa shape index (κ1) is 16.9. The van der Waals surface area contributed by atoms with Crippen LogP contribution in [0.1, 0.15) is 41.5 Å². The molecule has 0 spiro atoms. The minimum Gasteiger partial charge on any atom is -0.454 e. The third-order valence-electron chi connectivity index (χ3n) is 5.83. The van der Waals surface area contributed by atoms with Crippen molar-refractivity contribution in [1.29, 1.82) is 0 Å². The summed E-state index contributed by atoms with van der Waals surface area (Å²) >= 11 is 0. The predicted molar refractivity (Wildman–Crippen MR) is 108 cm³/mol. The van der Waals surface area contributed by atoms with Gasteiger partial charge >= 0.3 is 0 Å². The van der Waals surface area contributed by atoms with Crippen LogP contribution in [-0.4, -0.2) is 33.2 Å². The first-order valence-corrected chi connectivity index (χ1v) is 10.2. The van der Waals surface area contributed by atoms with Crippen molar-refractivity contribution in [1.82, 2.24) is 19.9 Å². The Bertz CT molecular complexity index is 1080. The van der Waals surface area contributed by atoms with Gasteiger partial charge in [0.2, 0.25) is 6.79 Å². The van der Waals surface area contributed by atoms with Gasteiger partial charge in [-0.15, -0.1) is 0 Å².